The molecule has 0 saturated heterocycles. The van der Waals surface area contributed by atoms with Crippen molar-refractivity contribution in [1.29, 1.82) is 0 Å². The van der Waals surface area contributed by atoms with E-state index in [0.717, 1.165) is 68.8 Å². The van der Waals surface area contributed by atoms with E-state index in [1.165, 1.54) is 5.56 Å². The molecule has 2 aromatic carbocycles. The summed E-state index contributed by atoms with van der Waals surface area (Å²) in [7, 11) is 0. The van der Waals surface area contributed by atoms with Gasteiger partial charge in [0.1, 0.15) is 11.8 Å². The van der Waals surface area contributed by atoms with Crippen molar-refractivity contribution in [1.82, 2.24) is 5.32 Å². The second-order valence-electron chi connectivity index (χ2n) is 11.3. The summed E-state index contributed by atoms with van der Waals surface area (Å²) in [5.41, 5.74) is 2.45. The first kappa shape index (κ1) is 24.6. The van der Waals surface area contributed by atoms with Crippen LogP contribution in [0.5, 0.6) is 0 Å². The number of nitrogens with one attached hydrogen (secondary N) is 1. The van der Waals surface area contributed by atoms with Crippen LogP contribution in [0.15, 0.2) is 42.5 Å². The molecule has 5 unspecified atom stereocenters. The summed E-state index contributed by atoms with van der Waals surface area (Å²) in [6.07, 6.45) is 7.74. The minimum absolute atomic E-state index is 0.0567. The smallest absolute Gasteiger partial charge is 0.325 e. The van der Waals surface area contributed by atoms with Crippen LogP contribution in [0.4, 0.5) is 5.69 Å². The SMILES string of the molecule is O=CCC(NC1CC1)(C(=O)O)C1c2ccc(Cl)cc2N(C(=O)C2CCCc3ccccc32)C2CCCC21. The number of anilines is 1. The van der Waals surface area contributed by atoms with Crippen LogP contribution >= 0.6 is 11.6 Å². The molecule has 37 heavy (non-hydrogen) atoms. The number of carboxylic acid groups (broad SMARTS) is 1. The fourth-order valence-electron chi connectivity index (χ4n) is 7.45. The Hall–Kier alpha value is -2.70. The summed E-state index contributed by atoms with van der Waals surface area (Å²) >= 11 is 6.51. The molecule has 7 heteroatoms. The van der Waals surface area contributed by atoms with Gasteiger partial charge < -0.3 is 14.8 Å². The lowest BCUT2D eigenvalue weighted by molar-refractivity contribution is -0.148. The predicted molar refractivity (Wildman–Crippen MR) is 142 cm³/mol. The molecular formula is C30H33ClN2O4. The van der Waals surface area contributed by atoms with Crippen LogP contribution in [0.1, 0.15) is 79.9 Å². The highest BCUT2D eigenvalue weighted by Crippen LogP contribution is 2.55. The number of aldehydes is 1. The first-order valence-corrected chi connectivity index (χ1v) is 14.0. The van der Waals surface area contributed by atoms with E-state index < -0.39 is 17.4 Å². The van der Waals surface area contributed by atoms with Crippen LogP contribution in [0.2, 0.25) is 5.02 Å². The molecule has 2 aromatic rings. The molecule has 2 N–H and O–H groups in total. The average molecular weight is 521 g/mol. The summed E-state index contributed by atoms with van der Waals surface area (Å²) < 4.78 is 0. The standard InChI is InChI=1S/C30H33ClN2O4/c31-19-11-14-24-26(17-19)33(28(35)22-8-3-6-18-5-1-2-7-21(18)22)25-10-4-9-23(25)27(24)30(15-16-34,29(36)37)32-20-12-13-20/h1-2,5,7,11,14,16-17,20,22-23,25,27,32H,3-4,6,8-10,12-13,15H2,(H,36,37). The van der Waals surface area contributed by atoms with E-state index in [4.69, 9.17) is 11.6 Å². The third kappa shape index (κ3) is 4.09. The lowest BCUT2D eigenvalue weighted by Gasteiger charge is -2.50. The molecule has 2 saturated carbocycles. The second kappa shape index (κ2) is 9.55. The first-order valence-electron chi connectivity index (χ1n) is 13.6. The van der Waals surface area contributed by atoms with Crippen LogP contribution in [-0.2, 0) is 20.8 Å². The quantitative estimate of drug-likeness (QED) is 0.488. The Morgan fingerprint density at radius 2 is 1.86 bits per heavy atom. The van der Waals surface area contributed by atoms with E-state index in [9.17, 15) is 19.5 Å². The molecule has 0 radical (unpaired) electrons. The monoisotopic (exact) mass is 520 g/mol. The number of hydrogen-bond acceptors (Lipinski definition) is 4. The van der Waals surface area contributed by atoms with Crippen molar-refractivity contribution in [2.45, 2.75) is 87.2 Å². The van der Waals surface area contributed by atoms with Crippen molar-refractivity contribution in [3.8, 4) is 0 Å². The molecule has 6 nitrogen and oxygen atoms in total. The Balaban J connectivity index is 1.49. The minimum Gasteiger partial charge on any atom is -0.480 e. The van der Waals surface area contributed by atoms with E-state index in [1.54, 1.807) is 6.07 Å². The zero-order valence-electron chi connectivity index (χ0n) is 20.9. The molecule has 1 amide bonds. The van der Waals surface area contributed by atoms with E-state index in [-0.39, 0.29) is 36.2 Å². The van der Waals surface area contributed by atoms with E-state index in [1.807, 2.05) is 29.2 Å². The van der Waals surface area contributed by atoms with Gasteiger partial charge in [-0.25, -0.2) is 0 Å². The number of halogens is 1. The number of aryl methyl sites for hydroxylation is 1. The van der Waals surface area contributed by atoms with Crippen molar-refractivity contribution < 1.29 is 19.5 Å². The van der Waals surface area contributed by atoms with Crippen LogP contribution in [-0.4, -0.2) is 40.9 Å². The van der Waals surface area contributed by atoms with E-state index >= 15 is 0 Å². The fourth-order valence-corrected chi connectivity index (χ4v) is 7.62. The maximum absolute atomic E-state index is 14.4. The van der Waals surface area contributed by atoms with E-state index in [0.29, 0.717) is 10.7 Å². The molecule has 194 valence electrons. The molecule has 1 heterocycles. The Morgan fingerprint density at radius 1 is 1.05 bits per heavy atom. The maximum atomic E-state index is 14.4. The van der Waals surface area contributed by atoms with Crippen molar-refractivity contribution in [3.63, 3.8) is 0 Å². The van der Waals surface area contributed by atoms with Crippen LogP contribution in [0.25, 0.3) is 0 Å². The number of nitrogens with zero attached hydrogens (tertiary/aromatic N) is 1. The number of aliphatic carboxylic acids is 1. The summed E-state index contributed by atoms with van der Waals surface area (Å²) in [5, 5.41) is 14.6. The molecule has 6 rings (SSSR count). The molecule has 0 aromatic heterocycles. The third-order valence-corrected chi connectivity index (χ3v) is 9.38. The zero-order valence-corrected chi connectivity index (χ0v) is 21.6. The zero-order chi connectivity index (χ0) is 25.7. The Morgan fingerprint density at radius 3 is 2.62 bits per heavy atom. The largest absolute Gasteiger partial charge is 0.480 e. The Labute approximate surface area is 222 Å². The molecular weight excluding hydrogens is 488 g/mol. The normalized spacial score (nSPS) is 28.0. The summed E-state index contributed by atoms with van der Waals surface area (Å²) in [4.78, 5) is 41.3. The number of rotatable bonds is 7. The number of carboxylic acids is 1. The van der Waals surface area contributed by atoms with Gasteiger partial charge in [0.2, 0.25) is 5.91 Å². The van der Waals surface area contributed by atoms with Gasteiger partial charge in [-0.1, -0.05) is 48.4 Å². The molecule has 2 fully saturated rings. The molecule has 0 bridgehead atoms. The molecule has 3 aliphatic carbocycles. The van der Waals surface area contributed by atoms with Crippen LogP contribution in [0, 0.1) is 5.92 Å². The lowest BCUT2D eigenvalue weighted by atomic mass is 9.65. The number of carbonyl (C=O) groups is 3. The van der Waals surface area contributed by atoms with Crippen molar-refractivity contribution in [2.24, 2.45) is 5.92 Å². The number of amides is 1. The van der Waals surface area contributed by atoms with Gasteiger partial charge in [-0.3, -0.25) is 14.9 Å². The summed E-state index contributed by atoms with van der Waals surface area (Å²) in [5.74, 6) is -1.63. The van der Waals surface area contributed by atoms with Gasteiger partial charge in [-0.15, -0.1) is 0 Å². The van der Waals surface area contributed by atoms with Crippen molar-refractivity contribution in [3.05, 3.63) is 64.2 Å². The van der Waals surface area contributed by atoms with Gasteiger partial charge in [0.25, 0.3) is 0 Å². The lowest BCUT2D eigenvalue weighted by Crippen LogP contribution is -2.63. The van der Waals surface area contributed by atoms with Gasteiger partial charge in [-0.2, -0.15) is 0 Å². The predicted octanol–water partition coefficient (Wildman–Crippen LogP) is 5.22. The van der Waals surface area contributed by atoms with E-state index in [2.05, 4.69) is 17.4 Å². The molecule has 1 aliphatic heterocycles. The number of hydrogen-bond donors (Lipinski definition) is 2. The van der Waals surface area contributed by atoms with Crippen molar-refractivity contribution >= 4 is 35.5 Å². The number of fused-ring (bicyclic) bond motifs is 3. The van der Waals surface area contributed by atoms with Crippen LogP contribution in [0.3, 0.4) is 0 Å². The summed E-state index contributed by atoms with van der Waals surface area (Å²) in [6, 6.07) is 13.7. The van der Waals surface area contributed by atoms with Gasteiger partial charge >= 0.3 is 5.97 Å². The van der Waals surface area contributed by atoms with Gasteiger partial charge in [-0.05, 0) is 79.7 Å². The van der Waals surface area contributed by atoms with Gasteiger partial charge in [0, 0.05) is 35.1 Å². The minimum atomic E-state index is -1.41. The fraction of sp³-hybridized carbons (Fsp3) is 0.500. The van der Waals surface area contributed by atoms with Crippen LogP contribution < -0.4 is 10.2 Å². The Kier molecular flexibility index (Phi) is 6.36. The number of benzene rings is 2. The highest BCUT2D eigenvalue weighted by Gasteiger charge is 2.58. The molecule has 4 aliphatic rings. The van der Waals surface area contributed by atoms with Gasteiger partial charge in [0.15, 0.2) is 0 Å². The van der Waals surface area contributed by atoms with Gasteiger partial charge in [0.05, 0.1) is 5.92 Å². The highest BCUT2D eigenvalue weighted by atomic mass is 35.5. The topological polar surface area (TPSA) is 86.7 Å². The number of carbonyl (C=O) groups excluding carboxylic acids is 2. The second-order valence-corrected chi connectivity index (χ2v) is 11.7. The summed E-state index contributed by atoms with van der Waals surface area (Å²) in [6.45, 7) is 0. The molecule has 5 atom stereocenters. The third-order valence-electron chi connectivity index (χ3n) is 9.14. The average Bonchev–Trinajstić information content (AvgIpc) is 3.58. The Bertz CT molecular complexity index is 1240. The highest BCUT2D eigenvalue weighted by molar-refractivity contribution is 6.31. The van der Waals surface area contributed by atoms with Crippen molar-refractivity contribution in [2.75, 3.05) is 4.90 Å². The maximum Gasteiger partial charge on any atom is 0.325 e. The molecule has 0 spiro atoms. The first-order chi connectivity index (χ1) is 17.9.